The molecule has 260 valence electrons. The first-order chi connectivity index (χ1) is 27.8. The van der Waals surface area contributed by atoms with Crippen LogP contribution in [0.5, 0.6) is 0 Å². The maximum atomic E-state index is 5.14. The van der Waals surface area contributed by atoms with Crippen LogP contribution in [0.25, 0.3) is 114 Å². The molecule has 2 aromatic heterocycles. The highest BCUT2D eigenvalue weighted by Crippen LogP contribution is 2.48. The molecule has 0 atom stereocenters. The van der Waals surface area contributed by atoms with Crippen LogP contribution in [-0.2, 0) is 0 Å². The van der Waals surface area contributed by atoms with E-state index in [0.29, 0.717) is 0 Å². The lowest BCUT2D eigenvalue weighted by molar-refractivity contribution is 1.10. The molecule has 0 aliphatic heterocycles. The fourth-order valence-electron chi connectivity index (χ4n) is 9.16. The van der Waals surface area contributed by atoms with Crippen molar-refractivity contribution in [3.8, 4) is 39.3 Å². The van der Waals surface area contributed by atoms with Crippen molar-refractivity contribution in [3.63, 3.8) is 0 Å². The fraction of sp³-hybridized carbons (Fsp3) is 0. The fourth-order valence-corrected chi connectivity index (χ4v) is 10.4. The summed E-state index contributed by atoms with van der Waals surface area (Å²) in [7, 11) is 0. The monoisotopic (exact) mass is 728 g/mol. The number of fused-ring (bicyclic) bond motifs is 11. The van der Waals surface area contributed by atoms with Crippen LogP contribution in [0.15, 0.2) is 194 Å². The maximum absolute atomic E-state index is 5.14. The van der Waals surface area contributed by atoms with Gasteiger partial charge in [0, 0.05) is 36.8 Å². The van der Waals surface area contributed by atoms with Gasteiger partial charge in [0.2, 0.25) is 0 Å². The number of imidazole rings is 1. The zero-order chi connectivity index (χ0) is 36.7. The molecule has 0 amide bonds. The number of rotatable bonds is 4. The largest absolute Gasteiger partial charge is 0.292 e. The summed E-state index contributed by atoms with van der Waals surface area (Å²) in [5.41, 5.74) is 9.22. The number of benzene rings is 10. The van der Waals surface area contributed by atoms with E-state index in [1.165, 1.54) is 85.5 Å². The Morgan fingerprint density at radius 1 is 0.375 bits per heavy atom. The Bertz CT molecular complexity index is 3460. The molecular weight excluding hydrogens is 697 g/mol. The SMILES string of the molecule is c1ccc(-n2c(-c3ccc(-c4c5ccccc5c(-c5ccc6sc7c8ccccc8c8ccccc8c7c6c5)c5ccccc45)cc3)nc3ccccc32)cc1. The molecule has 0 N–H and O–H groups in total. The van der Waals surface area contributed by atoms with E-state index in [4.69, 9.17) is 4.98 Å². The van der Waals surface area contributed by atoms with Crippen molar-refractivity contribution >= 4 is 85.6 Å². The van der Waals surface area contributed by atoms with Gasteiger partial charge in [-0.25, -0.2) is 4.98 Å². The van der Waals surface area contributed by atoms with Gasteiger partial charge in [-0.1, -0.05) is 158 Å². The Hall–Kier alpha value is -7.07. The second-order valence-corrected chi connectivity index (χ2v) is 15.7. The number of nitrogens with zero attached hydrogens (tertiary/aromatic N) is 2. The number of thiophene rings is 1. The van der Waals surface area contributed by atoms with E-state index < -0.39 is 0 Å². The molecule has 0 aliphatic rings. The van der Waals surface area contributed by atoms with E-state index in [2.05, 4.69) is 199 Å². The maximum Gasteiger partial charge on any atom is 0.145 e. The highest BCUT2D eigenvalue weighted by molar-refractivity contribution is 7.27. The van der Waals surface area contributed by atoms with Crippen LogP contribution in [0.3, 0.4) is 0 Å². The number of aromatic nitrogens is 2. The van der Waals surface area contributed by atoms with E-state index in [1.54, 1.807) is 0 Å². The van der Waals surface area contributed by atoms with Crippen LogP contribution in [-0.4, -0.2) is 9.55 Å². The van der Waals surface area contributed by atoms with Crippen molar-refractivity contribution in [2.45, 2.75) is 0 Å². The molecule has 10 aromatic carbocycles. The van der Waals surface area contributed by atoms with Crippen molar-refractivity contribution in [3.05, 3.63) is 194 Å². The van der Waals surface area contributed by atoms with Crippen molar-refractivity contribution in [1.29, 1.82) is 0 Å². The van der Waals surface area contributed by atoms with Gasteiger partial charge in [-0.3, -0.25) is 4.57 Å². The summed E-state index contributed by atoms with van der Waals surface area (Å²) in [5.74, 6) is 0.936. The molecule has 12 aromatic rings. The topological polar surface area (TPSA) is 17.8 Å². The third kappa shape index (κ3) is 4.59. The van der Waals surface area contributed by atoms with Gasteiger partial charge in [-0.05, 0) is 96.4 Å². The zero-order valence-corrected chi connectivity index (χ0v) is 31.1. The Morgan fingerprint density at radius 2 is 0.875 bits per heavy atom. The minimum absolute atomic E-state index is 0.936. The minimum atomic E-state index is 0.936. The van der Waals surface area contributed by atoms with E-state index in [1.807, 2.05) is 11.3 Å². The van der Waals surface area contributed by atoms with Crippen molar-refractivity contribution in [2.24, 2.45) is 0 Å². The average molecular weight is 729 g/mol. The standard InChI is InChI=1S/C53H32N2S/c1-2-14-36(15-3-1)55-47-25-13-12-24-46(47)54-53(55)34-28-26-33(27-29-34)49-40-19-7-9-21-42(40)50(43-22-10-8-20-41(43)49)35-30-31-48-45(32-35)51-39-18-6-4-16-37(39)38-17-5-11-23-44(38)52(51)56-48/h1-32H. The Morgan fingerprint density at radius 3 is 1.55 bits per heavy atom. The number of hydrogen-bond donors (Lipinski definition) is 0. The van der Waals surface area contributed by atoms with E-state index in [9.17, 15) is 0 Å². The number of para-hydroxylation sites is 3. The highest BCUT2D eigenvalue weighted by atomic mass is 32.1. The normalized spacial score (nSPS) is 11.9. The first-order valence-electron chi connectivity index (χ1n) is 19.1. The van der Waals surface area contributed by atoms with Gasteiger partial charge in [0.05, 0.1) is 11.0 Å². The smallest absolute Gasteiger partial charge is 0.145 e. The molecule has 0 radical (unpaired) electrons. The molecule has 3 heteroatoms. The second-order valence-electron chi connectivity index (χ2n) is 14.6. The van der Waals surface area contributed by atoms with Crippen LogP contribution in [0.2, 0.25) is 0 Å². The van der Waals surface area contributed by atoms with Crippen LogP contribution in [0, 0.1) is 0 Å². The lowest BCUT2D eigenvalue weighted by Crippen LogP contribution is -1.97. The first kappa shape index (κ1) is 31.3. The first-order valence-corrected chi connectivity index (χ1v) is 19.9. The Kier molecular flexibility index (Phi) is 6.83. The van der Waals surface area contributed by atoms with E-state index in [0.717, 1.165) is 28.1 Å². The molecule has 0 unspecified atom stereocenters. The molecule has 0 saturated carbocycles. The lowest BCUT2D eigenvalue weighted by atomic mass is 9.85. The Labute approximate surface area is 327 Å². The third-order valence-corrected chi connectivity index (χ3v) is 12.8. The summed E-state index contributed by atoms with van der Waals surface area (Å²) < 4.78 is 4.94. The van der Waals surface area contributed by atoms with Crippen LogP contribution < -0.4 is 0 Å². The molecular formula is C53H32N2S. The molecule has 0 aliphatic carbocycles. The molecule has 2 nitrogen and oxygen atoms in total. The van der Waals surface area contributed by atoms with Crippen molar-refractivity contribution in [1.82, 2.24) is 9.55 Å². The number of hydrogen-bond acceptors (Lipinski definition) is 2. The van der Waals surface area contributed by atoms with E-state index in [-0.39, 0.29) is 0 Å². The van der Waals surface area contributed by atoms with Gasteiger partial charge in [0.1, 0.15) is 5.82 Å². The zero-order valence-electron chi connectivity index (χ0n) is 30.3. The lowest BCUT2D eigenvalue weighted by Gasteiger charge is -2.18. The summed E-state index contributed by atoms with van der Waals surface area (Å²) in [5, 5.41) is 12.9. The van der Waals surface area contributed by atoms with Gasteiger partial charge in [0.25, 0.3) is 0 Å². The minimum Gasteiger partial charge on any atom is -0.292 e. The quantitative estimate of drug-likeness (QED) is 0.130. The van der Waals surface area contributed by atoms with Gasteiger partial charge in [0.15, 0.2) is 0 Å². The average Bonchev–Trinajstić information content (AvgIpc) is 3.85. The van der Waals surface area contributed by atoms with Gasteiger partial charge in [-0.2, -0.15) is 0 Å². The third-order valence-electron chi connectivity index (χ3n) is 11.6. The van der Waals surface area contributed by atoms with Gasteiger partial charge < -0.3 is 0 Å². The molecule has 2 heterocycles. The highest BCUT2D eigenvalue weighted by Gasteiger charge is 2.20. The molecule has 0 bridgehead atoms. The van der Waals surface area contributed by atoms with E-state index >= 15 is 0 Å². The molecule has 0 spiro atoms. The summed E-state index contributed by atoms with van der Waals surface area (Å²) in [6, 6.07) is 70.7. The summed E-state index contributed by atoms with van der Waals surface area (Å²) in [4.78, 5) is 5.14. The predicted octanol–water partition coefficient (Wildman–Crippen LogP) is 15.0. The summed E-state index contributed by atoms with van der Waals surface area (Å²) in [6.45, 7) is 0. The van der Waals surface area contributed by atoms with Crippen molar-refractivity contribution in [2.75, 3.05) is 0 Å². The molecule has 0 fully saturated rings. The van der Waals surface area contributed by atoms with Crippen LogP contribution >= 0.6 is 11.3 Å². The van der Waals surface area contributed by atoms with Gasteiger partial charge in [-0.15, -0.1) is 11.3 Å². The molecule has 56 heavy (non-hydrogen) atoms. The summed E-state index contributed by atoms with van der Waals surface area (Å²) >= 11 is 1.91. The van der Waals surface area contributed by atoms with Gasteiger partial charge >= 0.3 is 0 Å². The predicted molar refractivity (Wildman–Crippen MR) is 240 cm³/mol. The molecule has 12 rings (SSSR count). The Balaban J connectivity index is 1.07. The van der Waals surface area contributed by atoms with Crippen LogP contribution in [0.4, 0.5) is 0 Å². The van der Waals surface area contributed by atoms with Crippen LogP contribution in [0.1, 0.15) is 0 Å². The molecule has 0 saturated heterocycles. The van der Waals surface area contributed by atoms with Crippen molar-refractivity contribution < 1.29 is 0 Å². The summed E-state index contributed by atoms with van der Waals surface area (Å²) in [6.07, 6.45) is 0. The second kappa shape index (κ2) is 12.2.